The molecule has 1 fully saturated rings. The molecule has 2 rings (SSSR count). The Hall–Kier alpha value is -1.66. The third-order valence-electron chi connectivity index (χ3n) is 3.58. The van der Waals surface area contributed by atoms with Crippen LogP contribution in [0.4, 0.5) is 4.39 Å². The van der Waals surface area contributed by atoms with E-state index in [1.165, 1.54) is 12.1 Å². The van der Waals surface area contributed by atoms with Crippen LogP contribution in [0.2, 0.25) is 0 Å². The highest BCUT2D eigenvalue weighted by Crippen LogP contribution is 2.19. The molecule has 1 saturated heterocycles. The van der Waals surface area contributed by atoms with Gasteiger partial charge in [0, 0.05) is 25.7 Å². The van der Waals surface area contributed by atoms with Crippen molar-refractivity contribution < 1.29 is 19.0 Å². The molecule has 6 heteroatoms. The van der Waals surface area contributed by atoms with Crippen molar-refractivity contribution in [2.75, 3.05) is 19.6 Å². The van der Waals surface area contributed by atoms with Gasteiger partial charge in [0.2, 0.25) is 0 Å². The third-order valence-corrected chi connectivity index (χ3v) is 3.58. The number of ether oxygens (including phenoxy) is 1. The summed E-state index contributed by atoms with van der Waals surface area (Å²) in [5.41, 5.74) is 5.79. The van der Waals surface area contributed by atoms with Gasteiger partial charge in [0.15, 0.2) is 0 Å². The molecule has 116 valence electrons. The first-order chi connectivity index (χ1) is 10.0. The van der Waals surface area contributed by atoms with Crippen molar-refractivity contribution in [3.05, 3.63) is 30.1 Å². The van der Waals surface area contributed by atoms with Gasteiger partial charge < -0.3 is 20.5 Å². The standard InChI is InChI=1S/C15H21FN2O3/c16-11-1-3-13(4-2-11)21-14-5-7-18(8-6-14)10-12(17)9-15(19)20/h1-4,12,14H,5-10,17H2,(H,19,20)/t12-/m1/s1. The van der Waals surface area contributed by atoms with Crippen LogP contribution in [0, 0.1) is 5.82 Å². The number of likely N-dealkylation sites (tertiary alicyclic amines) is 1. The quantitative estimate of drug-likeness (QED) is 0.831. The van der Waals surface area contributed by atoms with Crippen molar-refractivity contribution in [3.63, 3.8) is 0 Å². The molecule has 0 amide bonds. The number of nitrogens with zero attached hydrogens (tertiary/aromatic N) is 1. The number of carboxylic acids is 1. The van der Waals surface area contributed by atoms with Gasteiger partial charge in [0.25, 0.3) is 0 Å². The molecule has 21 heavy (non-hydrogen) atoms. The molecule has 0 unspecified atom stereocenters. The van der Waals surface area contributed by atoms with Crippen LogP contribution in [0.3, 0.4) is 0 Å². The van der Waals surface area contributed by atoms with Gasteiger partial charge in [-0.05, 0) is 37.1 Å². The molecule has 1 aromatic carbocycles. The van der Waals surface area contributed by atoms with Gasteiger partial charge in [0.05, 0.1) is 6.42 Å². The average Bonchev–Trinajstić information content (AvgIpc) is 2.42. The Bertz CT molecular complexity index is 458. The minimum atomic E-state index is -0.864. The van der Waals surface area contributed by atoms with Crippen LogP contribution in [-0.2, 0) is 4.79 Å². The second-order valence-corrected chi connectivity index (χ2v) is 5.43. The van der Waals surface area contributed by atoms with E-state index in [4.69, 9.17) is 15.6 Å². The molecule has 0 saturated carbocycles. The summed E-state index contributed by atoms with van der Waals surface area (Å²) in [6.45, 7) is 2.26. The topological polar surface area (TPSA) is 75.8 Å². The van der Waals surface area contributed by atoms with E-state index in [1.54, 1.807) is 12.1 Å². The summed E-state index contributed by atoms with van der Waals surface area (Å²) in [5.74, 6) is -0.459. The Morgan fingerprint density at radius 1 is 1.38 bits per heavy atom. The van der Waals surface area contributed by atoms with E-state index >= 15 is 0 Å². The summed E-state index contributed by atoms with van der Waals surface area (Å²) >= 11 is 0. The van der Waals surface area contributed by atoms with Crippen LogP contribution in [0.1, 0.15) is 19.3 Å². The lowest BCUT2D eigenvalue weighted by atomic mass is 10.1. The van der Waals surface area contributed by atoms with E-state index in [0.29, 0.717) is 12.3 Å². The first-order valence-corrected chi connectivity index (χ1v) is 7.15. The Morgan fingerprint density at radius 2 is 2.00 bits per heavy atom. The molecule has 0 spiro atoms. The molecule has 0 radical (unpaired) electrons. The van der Waals surface area contributed by atoms with E-state index < -0.39 is 5.97 Å². The monoisotopic (exact) mass is 296 g/mol. The first-order valence-electron chi connectivity index (χ1n) is 7.15. The number of hydrogen-bond donors (Lipinski definition) is 2. The Kier molecular flexibility index (Phi) is 5.52. The van der Waals surface area contributed by atoms with Crippen molar-refractivity contribution in [1.82, 2.24) is 4.90 Å². The van der Waals surface area contributed by atoms with Gasteiger partial charge in [-0.1, -0.05) is 0 Å². The van der Waals surface area contributed by atoms with E-state index in [1.807, 2.05) is 0 Å². The van der Waals surface area contributed by atoms with Crippen LogP contribution in [-0.4, -0.2) is 47.8 Å². The number of nitrogens with two attached hydrogens (primary N) is 1. The van der Waals surface area contributed by atoms with Gasteiger partial charge in [-0.25, -0.2) is 4.39 Å². The number of benzene rings is 1. The number of aliphatic carboxylic acids is 1. The fraction of sp³-hybridized carbons (Fsp3) is 0.533. The Balaban J connectivity index is 1.73. The van der Waals surface area contributed by atoms with Gasteiger partial charge in [-0.15, -0.1) is 0 Å². The van der Waals surface area contributed by atoms with Crippen molar-refractivity contribution in [1.29, 1.82) is 0 Å². The molecular weight excluding hydrogens is 275 g/mol. The minimum Gasteiger partial charge on any atom is -0.490 e. The summed E-state index contributed by atoms with van der Waals surface area (Å²) in [7, 11) is 0. The maximum atomic E-state index is 12.8. The third kappa shape index (κ3) is 5.32. The van der Waals surface area contributed by atoms with E-state index in [9.17, 15) is 9.18 Å². The number of rotatable bonds is 6. The average molecular weight is 296 g/mol. The first kappa shape index (κ1) is 15.7. The summed E-state index contributed by atoms with van der Waals surface area (Å²) in [6.07, 6.45) is 1.82. The predicted octanol–water partition coefficient (Wildman–Crippen LogP) is 1.47. The largest absolute Gasteiger partial charge is 0.490 e. The minimum absolute atomic E-state index is 0.00793. The highest BCUT2D eigenvalue weighted by Gasteiger charge is 2.22. The zero-order chi connectivity index (χ0) is 15.2. The van der Waals surface area contributed by atoms with Crippen LogP contribution < -0.4 is 10.5 Å². The predicted molar refractivity (Wildman–Crippen MR) is 76.7 cm³/mol. The zero-order valence-electron chi connectivity index (χ0n) is 11.9. The van der Waals surface area contributed by atoms with Crippen LogP contribution in [0.25, 0.3) is 0 Å². The number of piperidine rings is 1. The lowest BCUT2D eigenvalue weighted by molar-refractivity contribution is -0.137. The fourth-order valence-corrected chi connectivity index (χ4v) is 2.54. The van der Waals surface area contributed by atoms with Crippen molar-refractivity contribution in [2.45, 2.75) is 31.4 Å². The molecule has 0 bridgehead atoms. The number of carboxylic acid groups (broad SMARTS) is 1. The smallest absolute Gasteiger partial charge is 0.304 e. The lowest BCUT2D eigenvalue weighted by Gasteiger charge is -2.33. The maximum Gasteiger partial charge on any atom is 0.304 e. The molecular formula is C15H21FN2O3. The SMILES string of the molecule is N[C@H](CC(=O)O)CN1CCC(Oc2ccc(F)cc2)CC1. The summed E-state index contributed by atoms with van der Waals surface area (Å²) in [5, 5.41) is 8.69. The Labute approximate surface area is 123 Å². The molecule has 0 aromatic heterocycles. The van der Waals surface area contributed by atoms with E-state index in [-0.39, 0.29) is 24.4 Å². The van der Waals surface area contributed by atoms with Gasteiger partial charge >= 0.3 is 5.97 Å². The van der Waals surface area contributed by atoms with Crippen LogP contribution in [0.5, 0.6) is 5.75 Å². The van der Waals surface area contributed by atoms with Crippen LogP contribution >= 0.6 is 0 Å². The maximum absolute atomic E-state index is 12.8. The molecule has 1 atom stereocenters. The van der Waals surface area contributed by atoms with E-state index in [2.05, 4.69) is 4.90 Å². The number of carbonyl (C=O) groups is 1. The molecule has 0 aliphatic carbocycles. The Morgan fingerprint density at radius 3 is 2.57 bits per heavy atom. The lowest BCUT2D eigenvalue weighted by Crippen LogP contribution is -2.44. The fourth-order valence-electron chi connectivity index (χ4n) is 2.54. The molecule has 1 aliphatic heterocycles. The van der Waals surface area contributed by atoms with Crippen LogP contribution in [0.15, 0.2) is 24.3 Å². The summed E-state index contributed by atoms with van der Waals surface area (Å²) < 4.78 is 18.6. The second-order valence-electron chi connectivity index (χ2n) is 5.43. The molecule has 5 nitrogen and oxygen atoms in total. The molecule has 1 aliphatic rings. The highest BCUT2D eigenvalue weighted by atomic mass is 19.1. The molecule has 1 aromatic rings. The molecule has 3 N–H and O–H groups in total. The van der Waals surface area contributed by atoms with Crippen molar-refractivity contribution in [3.8, 4) is 5.75 Å². The second kappa shape index (κ2) is 7.38. The van der Waals surface area contributed by atoms with E-state index in [0.717, 1.165) is 25.9 Å². The van der Waals surface area contributed by atoms with Gasteiger partial charge in [-0.2, -0.15) is 0 Å². The normalized spacial score (nSPS) is 18.4. The summed E-state index contributed by atoms with van der Waals surface area (Å²) in [4.78, 5) is 12.8. The number of hydrogen-bond acceptors (Lipinski definition) is 4. The van der Waals surface area contributed by atoms with Gasteiger partial charge in [-0.3, -0.25) is 4.79 Å². The van der Waals surface area contributed by atoms with Crippen molar-refractivity contribution in [2.24, 2.45) is 5.73 Å². The van der Waals surface area contributed by atoms with Crippen molar-refractivity contribution >= 4 is 5.97 Å². The number of halogens is 1. The zero-order valence-corrected chi connectivity index (χ0v) is 11.9. The van der Waals surface area contributed by atoms with Gasteiger partial charge in [0.1, 0.15) is 17.7 Å². The molecule has 1 heterocycles. The summed E-state index contributed by atoms with van der Waals surface area (Å²) in [6, 6.07) is 5.69. The highest BCUT2D eigenvalue weighted by molar-refractivity contribution is 5.67.